The number of carbonyl (C=O) groups is 2. The van der Waals surface area contributed by atoms with Crippen molar-refractivity contribution in [1.82, 2.24) is 5.32 Å². The van der Waals surface area contributed by atoms with E-state index in [1.54, 1.807) is 0 Å². The first kappa shape index (κ1) is 68.1. The monoisotopic (exact) mass is 984 g/mol. The summed E-state index contributed by atoms with van der Waals surface area (Å²) in [5, 5.41) is 23.4. The van der Waals surface area contributed by atoms with Crippen molar-refractivity contribution in [3.63, 3.8) is 0 Å². The molecule has 70 heavy (non-hydrogen) atoms. The van der Waals surface area contributed by atoms with Gasteiger partial charge in [0.1, 0.15) is 0 Å². The molecule has 0 aliphatic carbocycles. The Labute approximate surface area is 436 Å². The van der Waals surface area contributed by atoms with Crippen LogP contribution in [-0.4, -0.2) is 47.4 Å². The maximum atomic E-state index is 12.5. The number of hydrogen-bond acceptors (Lipinski definition) is 5. The SMILES string of the molecule is CCCC/C=C\C/C=C\CCCCCCCC(=O)OCCCCCCCC/C=C\CCCCCCCCCC(=O)NC(CO)C(O)CCCCCCCCCCCCCCCCCCCCCCCC. The molecule has 0 spiro atoms. The first-order chi connectivity index (χ1) is 34.5. The highest BCUT2D eigenvalue weighted by Gasteiger charge is 2.20. The van der Waals surface area contributed by atoms with Gasteiger partial charge in [0.05, 0.1) is 25.4 Å². The molecule has 0 heterocycles. The number of allylic oxidation sites excluding steroid dienone is 6. The van der Waals surface area contributed by atoms with Gasteiger partial charge in [-0.15, -0.1) is 0 Å². The molecule has 0 bridgehead atoms. The topological polar surface area (TPSA) is 95.9 Å². The van der Waals surface area contributed by atoms with Crippen LogP contribution in [0.1, 0.15) is 335 Å². The Bertz CT molecular complexity index is 1130. The zero-order chi connectivity index (χ0) is 50.7. The van der Waals surface area contributed by atoms with E-state index in [1.807, 2.05) is 0 Å². The summed E-state index contributed by atoms with van der Waals surface area (Å²) in [6, 6.07) is -0.552. The number of nitrogens with one attached hydrogen (secondary N) is 1. The Morgan fingerprint density at radius 2 is 0.729 bits per heavy atom. The third kappa shape index (κ3) is 55.4. The number of ether oxygens (including phenoxy) is 1. The summed E-state index contributed by atoms with van der Waals surface area (Å²) in [5.41, 5.74) is 0. The van der Waals surface area contributed by atoms with Crippen LogP contribution in [0.5, 0.6) is 0 Å². The summed E-state index contributed by atoms with van der Waals surface area (Å²) >= 11 is 0. The summed E-state index contributed by atoms with van der Waals surface area (Å²) in [6.45, 7) is 4.90. The lowest BCUT2D eigenvalue weighted by atomic mass is 10.0. The molecular weight excluding hydrogens is 863 g/mol. The minimum Gasteiger partial charge on any atom is -0.466 e. The molecule has 0 aromatic heterocycles. The van der Waals surface area contributed by atoms with Gasteiger partial charge in [-0.25, -0.2) is 0 Å². The highest BCUT2D eigenvalue weighted by molar-refractivity contribution is 5.76. The summed E-state index contributed by atoms with van der Waals surface area (Å²) in [6.07, 6.45) is 74.3. The van der Waals surface area contributed by atoms with E-state index in [4.69, 9.17) is 4.74 Å². The van der Waals surface area contributed by atoms with E-state index in [9.17, 15) is 19.8 Å². The van der Waals surface area contributed by atoms with Crippen LogP contribution in [0.3, 0.4) is 0 Å². The molecular formula is C64H121NO5. The van der Waals surface area contributed by atoms with Gasteiger partial charge in [0.15, 0.2) is 0 Å². The molecule has 2 atom stereocenters. The number of aliphatic hydroxyl groups is 2. The number of carbonyl (C=O) groups excluding carboxylic acids is 2. The van der Waals surface area contributed by atoms with Crippen molar-refractivity contribution < 1.29 is 24.5 Å². The zero-order valence-electron chi connectivity index (χ0n) is 47.0. The Kier molecular flexibility index (Phi) is 58.0. The predicted octanol–water partition coefficient (Wildman–Crippen LogP) is 19.6. The van der Waals surface area contributed by atoms with Crippen LogP contribution in [0, 0.1) is 0 Å². The number of hydrogen-bond donors (Lipinski definition) is 3. The van der Waals surface area contributed by atoms with Crippen molar-refractivity contribution in [3.05, 3.63) is 36.5 Å². The molecule has 6 heteroatoms. The van der Waals surface area contributed by atoms with Crippen molar-refractivity contribution in [3.8, 4) is 0 Å². The average molecular weight is 985 g/mol. The molecule has 0 rings (SSSR count). The normalized spacial score (nSPS) is 12.8. The molecule has 0 saturated heterocycles. The molecule has 3 N–H and O–H groups in total. The maximum absolute atomic E-state index is 12.5. The quantitative estimate of drug-likeness (QED) is 0.0321. The minimum atomic E-state index is -0.674. The van der Waals surface area contributed by atoms with Gasteiger partial charge in [0.25, 0.3) is 0 Å². The first-order valence-corrected chi connectivity index (χ1v) is 31.2. The molecule has 2 unspecified atom stereocenters. The van der Waals surface area contributed by atoms with Crippen LogP contribution < -0.4 is 5.32 Å². The summed E-state index contributed by atoms with van der Waals surface area (Å²) < 4.78 is 5.46. The minimum absolute atomic E-state index is 0.0160. The fourth-order valence-corrected chi connectivity index (χ4v) is 9.59. The van der Waals surface area contributed by atoms with Crippen LogP contribution in [0.25, 0.3) is 0 Å². The van der Waals surface area contributed by atoms with E-state index >= 15 is 0 Å². The summed E-state index contributed by atoms with van der Waals surface area (Å²) in [7, 11) is 0. The molecule has 0 fully saturated rings. The van der Waals surface area contributed by atoms with Crippen molar-refractivity contribution in [1.29, 1.82) is 0 Å². The van der Waals surface area contributed by atoms with Gasteiger partial charge in [-0.1, -0.05) is 281 Å². The lowest BCUT2D eigenvalue weighted by molar-refractivity contribution is -0.143. The molecule has 0 aromatic carbocycles. The van der Waals surface area contributed by atoms with Gasteiger partial charge in [0, 0.05) is 12.8 Å². The Morgan fingerprint density at radius 1 is 0.400 bits per heavy atom. The van der Waals surface area contributed by atoms with E-state index in [0.29, 0.717) is 25.9 Å². The van der Waals surface area contributed by atoms with Gasteiger partial charge < -0.3 is 20.3 Å². The van der Waals surface area contributed by atoms with Crippen LogP contribution in [0.4, 0.5) is 0 Å². The third-order valence-corrected chi connectivity index (χ3v) is 14.4. The van der Waals surface area contributed by atoms with Crippen molar-refractivity contribution in [2.45, 2.75) is 347 Å². The Hall–Kier alpha value is -1.92. The standard InChI is InChI=1S/C64H121NO5/c1-3-5-7-9-11-13-15-17-19-20-21-22-23-24-26-29-32-36-40-44-48-52-56-62(67)61(60-66)65-63(68)57-53-49-45-41-37-33-30-27-25-28-31-35-39-43-47-51-55-59-70-64(69)58-54-50-46-42-38-34-18-16-14-12-10-8-6-4-2/h10,12,16,18,25,28,61-62,66-67H,3-9,11,13-15,17,19-24,26-27,29-60H2,1-2H3,(H,65,68)/b12-10-,18-16-,28-25-. The average Bonchev–Trinajstić information content (AvgIpc) is 3.36. The van der Waals surface area contributed by atoms with Crippen LogP contribution in [0.2, 0.25) is 0 Å². The van der Waals surface area contributed by atoms with E-state index in [-0.39, 0.29) is 18.5 Å². The largest absolute Gasteiger partial charge is 0.466 e. The molecule has 412 valence electrons. The van der Waals surface area contributed by atoms with Crippen molar-refractivity contribution in [2.24, 2.45) is 0 Å². The van der Waals surface area contributed by atoms with Crippen molar-refractivity contribution in [2.75, 3.05) is 13.2 Å². The molecule has 0 aliphatic heterocycles. The zero-order valence-corrected chi connectivity index (χ0v) is 47.0. The van der Waals surface area contributed by atoms with E-state index in [1.165, 1.54) is 238 Å². The second kappa shape index (κ2) is 59.6. The predicted molar refractivity (Wildman–Crippen MR) is 306 cm³/mol. The lowest BCUT2D eigenvalue weighted by Crippen LogP contribution is -2.45. The van der Waals surface area contributed by atoms with Gasteiger partial charge in [-0.05, 0) is 77.0 Å². The molecule has 0 radical (unpaired) electrons. The van der Waals surface area contributed by atoms with E-state index < -0.39 is 12.1 Å². The number of esters is 1. The summed E-state index contributed by atoms with van der Waals surface area (Å²) in [4.78, 5) is 24.6. The third-order valence-electron chi connectivity index (χ3n) is 14.4. The van der Waals surface area contributed by atoms with Crippen LogP contribution in [-0.2, 0) is 14.3 Å². The molecule has 0 aromatic rings. The number of amides is 1. The lowest BCUT2D eigenvalue weighted by Gasteiger charge is -2.22. The van der Waals surface area contributed by atoms with Gasteiger partial charge >= 0.3 is 5.97 Å². The van der Waals surface area contributed by atoms with Gasteiger partial charge in [0.2, 0.25) is 5.91 Å². The van der Waals surface area contributed by atoms with Gasteiger partial charge in [-0.3, -0.25) is 9.59 Å². The Morgan fingerprint density at radius 3 is 1.14 bits per heavy atom. The van der Waals surface area contributed by atoms with E-state index in [2.05, 4.69) is 55.6 Å². The number of unbranched alkanes of at least 4 members (excludes halogenated alkanes) is 41. The number of rotatable bonds is 58. The highest BCUT2D eigenvalue weighted by Crippen LogP contribution is 2.18. The molecule has 0 saturated carbocycles. The fourth-order valence-electron chi connectivity index (χ4n) is 9.59. The smallest absolute Gasteiger partial charge is 0.305 e. The molecule has 1 amide bonds. The van der Waals surface area contributed by atoms with E-state index in [0.717, 1.165) is 64.2 Å². The second-order valence-corrected chi connectivity index (χ2v) is 21.4. The highest BCUT2D eigenvalue weighted by atomic mass is 16.5. The summed E-state index contributed by atoms with van der Waals surface area (Å²) in [5.74, 6) is -0.0607. The van der Waals surface area contributed by atoms with Crippen molar-refractivity contribution >= 4 is 11.9 Å². The van der Waals surface area contributed by atoms with Crippen LogP contribution in [0.15, 0.2) is 36.5 Å². The Balaban J connectivity index is 3.46. The molecule has 6 nitrogen and oxygen atoms in total. The second-order valence-electron chi connectivity index (χ2n) is 21.4. The fraction of sp³-hybridized carbons (Fsp3) is 0.875. The molecule has 0 aliphatic rings. The van der Waals surface area contributed by atoms with Gasteiger partial charge in [-0.2, -0.15) is 0 Å². The van der Waals surface area contributed by atoms with Crippen LogP contribution >= 0.6 is 0 Å². The maximum Gasteiger partial charge on any atom is 0.305 e. The first-order valence-electron chi connectivity index (χ1n) is 31.2. The number of aliphatic hydroxyl groups excluding tert-OH is 2.